The summed E-state index contributed by atoms with van der Waals surface area (Å²) in [4.78, 5) is 14.4. The van der Waals surface area contributed by atoms with E-state index in [1.807, 2.05) is 0 Å². The molecule has 1 N–H and O–H groups in total. The minimum Gasteiger partial charge on any atom is -0.476 e. The van der Waals surface area contributed by atoms with Crippen LogP contribution in [-0.4, -0.2) is 22.9 Å². The lowest BCUT2D eigenvalue weighted by Crippen LogP contribution is -2.15. The standard InChI is InChI=1S/C8H7NO4/c10-8(11)6-7-5(1-2-9-6)3-12-4-13-7/h1-2H,3-4H2,(H,10,11). The van der Waals surface area contributed by atoms with Gasteiger partial charge in [-0.1, -0.05) is 0 Å². The highest BCUT2D eigenvalue weighted by Crippen LogP contribution is 2.25. The Hall–Kier alpha value is -1.62. The first-order chi connectivity index (χ1) is 6.29. The van der Waals surface area contributed by atoms with Crippen LogP contribution in [0.25, 0.3) is 0 Å². The van der Waals surface area contributed by atoms with Crippen molar-refractivity contribution in [2.45, 2.75) is 6.61 Å². The summed E-state index contributed by atoms with van der Waals surface area (Å²) in [6.07, 6.45) is 1.43. The smallest absolute Gasteiger partial charge is 0.358 e. The van der Waals surface area contributed by atoms with Gasteiger partial charge in [-0.2, -0.15) is 0 Å². The van der Waals surface area contributed by atoms with E-state index in [-0.39, 0.29) is 12.5 Å². The average Bonchev–Trinajstić information content (AvgIpc) is 2.17. The molecule has 0 fully saturated rings. The van der Waals surface area contributed by atoms with E-state index in [1.54, 1.807) is 6.07 Å². The number of carboxylic acid groups (broad SMARTS) is 1. The Morgan fingerprint density at radius 2 is 2.46 bits per heavy atom. The van der Waals surface area contributed by atoms with Gasteiger partial charge >= 0.3 is 5.97 Å². The van der Waals surface area contributed by atoms with Crippen molar-refractivity contribution in [1.29, 1.82) is 0 Å². The third kappa shape index (κ3) is 1.33. The van der Waals surface area contributed by atoms with E-state index >= 15 is 0 Å². The molecule has 0 aromatic carbocycles. The SMILES string of the molecule is O=C(O)c1nccc2c1OCOC2. The van der Waals surface area contributed by atoms with Crippen molar-refractivity contribution >= 4 is 5.97 Å². The number of rotatable bonds is 1. The molecule has 0 unspecified atom stereocenters. The molecule has 13 heavy (non-hydrogen) atoms. The van der Waals surface area contributed by atoms with E-state index in [9.17, 15) is 4.79 Å². The third-order valence-electron chi connectivity index (χ3n) is 1.73. The van der Waals surface area contributed by atoms with Crippen LogP contribution in [0.1, 0.15) is 16.1 Å². The van der Waals surface area contributed by atoms with E-state index < -0.39 is 5.97 Å². The van der Waals surface area contributed by atoms with Crippen molar-refractivity contribution in [2.75, 3.05) is 6.79 Å². The molecule has 0 bridgehead atoms. The number of aromatic carboxylic acids is 1. The van der Waals surface area contributed by atoms with Crippen LogP contribution in [0, 0.1) is 0 Å². The van der Waals surface area contributed by atoms with Crippen molar-refractivity contribution in [2.24, 2.45) is 0 Å². The topological polar surface area (TPSA) is 68.7 Å². The molecule has 68 valence electrons. The van der Waals surface area contributed by atoms with Crippen LogP contribution in [0.4, 0.5) is 0 Å². The molecule has 2 rings (SSSR count). The fraction of sp³-hybridized carbons (Fsp3) is 0.250. The van der Waals surface area contributed by atoms with Crippen molar-refractivity contribution < 1.29 is 19.4 Å². The maximum absolute atomic E-state index is 10.7. The first-order valence-electron chi connectivity index (χ1n) is 3.71. The highest BCUT2D eigenvalue weighted by molar-refractivity contribution is 5.89. The summed E-state index contributed by atoms with van der Waals surface area (Å²) in [6, 6.07) is 1.68. The summed E-state index contributed by atoms with van der Waals surface area (Å²) in [5.41, 5.74) is 0.666. The van der Waals surface area contributed by atoms with E-state index in [0.717, 1.165) is 5.56 Å². The number of carboxylic acids is 1. The molecule has 5 heteroatoms. The van der Waals surface area contributed by atoms with Gasteiger partial charge in [0.25, 0.3) is 0 Å². The predicted molar refractivity (Wildman–Crippen MR) is 41.5 cm³/mol. The van der Waals surface area contributed by atoms with Gasteiger partial charge in [-0.25, -0.2) is 9.78 Å². The number of hydrogen-bond donors (Lipinski definition) is 1. The third-order valence-corrected chi connectivity index (χ3v) is 1.73. The summed E-state index contributed by atoms with van der Waals surface area (Å²) in [6.45, 7) is 0.455. The maximum atomic E-state index is 10.7. The molecule has 0 atom stereocenters. The number of pyridine rings is 1. The molecular weight excluding hydrogens is 174 g/mol. The molecule has 1 aromatic rings. The highest BCUT2D eigenvalue weighted by Gasteiger charge is 2.19. The van der Waals surface area contributed by atoms with Crippen LogP contribution in [0.15, 0.2) is 12.3 Å². The second-order valence-corrected chi connectivity index (χ2v) is 2.56. The van der Waals surface area contributed by atoms with Gasteiger partial charge in [-0.3, -0.25) is 0 Å². The molecule has 0 amide bonds. The van der Waals surface area contributed by atoms with Gasteiger partial charge in [0, 0.05) is 11.8 Å². The lowest BCUT2D eigenvalue weighted by molar-refractivity contribution is -0.0175. The summed E-state index contributed by atoms with van der Waals surface area (Å²) < 4.78 is 10.0. The van der Waals surface area contributed by atoms with Gasteiger partial charge in [-0.05, 0) is 6.07 Å². The minimum atomic E-state index is -1.08. The molecule has 0 spiro atoms. The van der Waals surface area contributed by atoms with E-state index in [1.165, 1.54) is 6.20 Å². The summed E-state index contributed by atoms with van der Waals surface area (Å²) >= 11 is 0. The Morgan fingerprint density at radius 1 is 1.62 bits per heavy atom. The molecule has 1 aromatic heterocycles. The molecule has 0 saturated carbocycles. The number of aromatic nitrogens is 1. The van der Waals surface area contributed by atoms with Crippen LogP contribution in [0.3, 0.4) is 0 Å². The number of fused-ring (bicyclic) bond motifs is 1. The van der Waals surface area contributed by atoms with Crippen molar-refractivity contribution in [3.8, 4) is 5.75 Å². The first-order valence-corrected chi connectivity index (χ1v) is 3.71. The fourth-order valence-electron chi connectivity index (χ4n) is 1.17. The maximum Gasteiger partial charge on any atom is 0.358 e. The lowest BCUT2D eigenvalue weighted by atomic mass is 10.2. The normalized spacial score (nSPS) is 14.5. The van der Waals surface area contributed by atoms with Crippen molar-refractivity contribution in [3.63, 3.8) is 0 Å². The Kier molecular flexibility index (Phi) is 1.86. The first kappa shape index (κ1) is 8.00. The second-order valence-electron chi connectivity index (χ2n) is 2.56. The quantitative estimate of drug-likeness (QED) is 0.688. The van der Waals surface area contributed by atoms with Crippen LogP contribution in [-0.2, 0) is 11.3 Å². The Bertz CT molecular complexity index is 350. The molecule has 0 radical (unpaired) electrons. The minimum absolute atomic E-state index is 0.0548. The Balaban J connectivity index is 2.52. The largest absolute Gasteiger partial charge is 0.476 e. The highest BCUT2D eigenvalue weighted by atomic mass is 16.7. The average molecular weight is 181 g/mol. The van der Waals surface area contributed by atoms with Gasteiger partial charge < -0.3 is 14.6 Å². The van der Waals surface area contributed by atoms with Crippen molar-refractivity contribution in [1.82, 2.24) is 4.98 Å². The van der Waals surface area contributed by atoms with Gasteiger partial charge in [0.2, 0.25) is 0 Å². The predicted octanol–water partition coefficient (Wildman–Crippen LogP) is 0.646. The molecule has 0 saturated heterocycles. The second kappa shape index (κ2) is 3.02. The van der Waals surface area contributed by atoms with Crippen LogP contribution in [0.5, 0.6) is 5.75 Å². The molecule has 2 heterocycles. The Labute approximate surface area is 73.9 Å². The molecule has 0 aliphatic carbocycles. The van der Waals surface area contributed by atoms with Crippen LogP contribution < -0.4 is 4.74 Å². The van der Waals surface area contributed by atoms with E-state index in [4.69, 9.17) is 14.6 Å². The fourth-order valence-corrected chi connectivity index (χ4v) is 1.17. The van der Waals surface area contributed by atoms with Crippen molar-refractivity contribution in [3.05, 3.63) is 23.5 Å². The number of carbonyl (C=O) groups is 1. The summed E-state index contributed by atoms with van der Waals surface area (Å²) in [5.74, 6) is -0.764. The van der Waals surface area contributed by atoms with Gasteiger partial charge in [0.15, 0.2) is 18.2 Å². The van der Waals surface area contributed by atoms with Gasteiger partial charge in [0.1, 0.15) is 0 Å². The van der Waals surface area contributed by atoms with Gasteiger partial charge in [0.05, 0.1) is 6.61 Å². The zero-order valence-corrected chi connectivity index (χ0v) is 6.69. The van der Waals surface area contributed by atoms with E-state index in [0.29, 0.717) is 12.4 Å². The zero-order chi connectivity index (χ0) is 9.26. The molecule has 1 aliphatic heterocycles. The molecule has 1 aliphatic rings. The summed E-state index contributed by atoms with van der Waals surface area (Å²) in [5, 5.41) is 8.76. The lowest BCUT2D eigenvalue weighted by Gasteiger charge is -2.17. The zero-order valence-electron chi connectivity index (χ0n) is 6.69. The van der Waals surface area contributed by atoms with E-state index in [2.05, 4.69) is 4.98 Å². The molecular formula is C8H7NO4. The van der Waals surface area contributed by atoms with Gasteiger partial charge in [-0.15, -0.1) is 0 Å². The summed E-state index contributed by atoms with van der Waals surface area (Å²) in [7, 11) is 0. The monoisotopic (exact) mass is 181 g/mol. The van der Waals surface area contributed by atoms with Crippen LogP contribution in [0.2, 0.25) is 0 Å². The molecule has 5 nitrogen and oxygen atoms in total. The number of ether oxygens (including phenoxy) is 2. The van der Waals surface area contributed by atoms with Crippen LogP contribution >= 0.6 is 0 Å². The Morgan fingerprint density at radius 3 is 3.23 bits per heavy atom. The number of nitrogens with zero attached hydrogens (tertiary/aromatic N) is 1. The number of hydrogen-bond acceptors (Lipinski definition) is 4.